The molecule has 1 heteroatoms. The van der Waals surface area contributed by atoms with Gasteiger partial charge in [0.2, 0.25) is 0 Å². The van der Waals surface area contributed by atoms with Crippen molar-refractivity contribution >= 4 is 10.9 Å². The first-order valence-corrected chi connectivity index (χ1v) is 6.20. The molecule has 0 aliphatic heterocycles. The number of rotatable bonds is 4. The highest BCUT2D eigenvalue weighted by atomic mass is 14.6. The fraction of sp³-hybridized carbons (Fsp3) is 0.400. The molecule has 2 aromatic rings. The highest BCUT2D eigenvalue weighted by molar-refractivity contribution is 5.82. The maximum absolute atomic E-state index is 4.42. The van der Waals surface area contributed by atoms with Crippen LogP contribution >= 0.6 is 0 Å². The number of hydrogen-bond donors (Lipinski definition) is 0. The molecular weight excluding hydrogens is 194 g/mol. The van der Waals surface area contributed by atoms with Crippen LogP contribution in [0.4, 0.5) is 0 Å². The van der Waals surface area contributed by atoms with E-state index in [0.717, 1.165) is 5.52 Å². The Morgan fingerprint density at radius 2 is 1.94 bits per heavy atom. The van der Waals surface area contributed by atoms with Crippen molar-refractivity contribution in [3.8, 4) is 0 Å². The molecule has 0 spiro atoms. The maximum atomic E-state index is 4.42. The van der Waals surface area contributed by atoms with Gasteiger partial charge in [-0.25, -0.2) is 0 Å². The number of aromatic nitrogens is 1. The molecule has 1 nitrogen and oxygen atoms in total. The molecule has 16 heavy (non-hydrogen) atoms. The van der Waals surface area contributed by atoms with E-state index < -0.39 is 0 Å². The van der Waals surface area contributed by atoms with Gasteiger partial charge in [-0.2, -0.15) is 0 Å². The Labute approximate surface area is 97.5 Å². The zero-order valence-corrected chi connectivity index (χ0v) is 10.1. The molecule has 0 fully saturated rings. The van der Waals surface area contributed by atoms with E-state index in [1.54, 1.807) is 0 Å². The maximum Gasteiger partial charge on any atom is 0.0704 e. The van der Waals surface area contributed by atoms with Gasteiger partial charge < -0.3 is 0 Å². The van der Waals surface area contributed by atoms with Crippen molar-refractivity contribution in [3.63, 3.8) is 0 Å². The van der Waals surface area contributed by atoms with E-state index in [4.69, 9.17) is 0 Å². The van der Waals surface area contributed by atoms with E-state index in [0.29, 0.717) is 5.92 Å². The van der Waals surface area contributed by atoms with Gasteiger partial charge >= 0.3 is 0 Å². The van der Waals surface area contributed by atoms with Gasteiger partial charge in [-0.1, -0.05) is 38.5 Å². The molecule has 1 heterocycles. The van der Waals surface area contributed by atoms with Gasteiger partial charge in [0.05, 0.1) is 5.52 Å². The highest BCUT2D eigenvalue weighted by Gasteiger charge is 2.11. The summed E-state index contributed by atoms with van der Waals surface area (Å²) in [4.78, 5) is 4.42. The number of fused-ring (bicyclic) bond motifs is 1. The van der Waals surface area contributed by atoms with Gasteiger partial charge in [0.15, 0.2) is 0 Å². The summed E-state index contributed by atoms with van der Waals surface area (Å²) in [5, 5.41) is 1.32. The number of nitrogens with zero attached hydrogens (tertiary/aromatic N) is 1. The molecule has 1 aromatic carbocycles. The van der Waals surface area contributed by atoms with Crippen molar-refractivity contribution in [2.24, 2.45) is 0 Å². The fourth-order valence-corrected chi connectivity index (χ4v) is 2.40. The Morgan fingerprint density at radius 1 is 1.12 bits per heavy atom. The fourth-order valence-electron chi connectivity index (χ4n) is 2.40. The number of pyridine rings is 1. The van der Waals surface area contributed by atoms with Crippen LogP contribution in [0, 0.1) is 0 Å². The van der Waals surface area contributed by atoms with Crippen molar-refractivity contribution in [2.75, 3.05) is 0 Å². The summed E-state index contributed by atoms with van der Waals surface area (Å²) in [6.07, 6.45) is 5.66. The van der Waals surface area contributed by atoms with Crippen molar-refractivity contribution in [1.82, 2.24) is 4.98 Å². The smallest absolute Gasteiger partial charge is 0.0704 e. The molecule has 84 valence electrons. The second kappa shape index (κ2) is 5.11. The monoisotopic (exact) mass is 213 g/mol. The number of benzene rings is 1. The van der Waals surface area contributed by atoms with Crippen LogP contribution in [0.2, 0.25) is 0 Å². The summed E-state index contributed by atoms with van der Waals surface area (Å²) in [6.45, 7) is 4.53. The Kier molecular flexibility index (Phi) is 3.55. The van der Waals surface area contributed by atoms with Crippen LogP contribution in [0.1, 0.15) is 44.6 Å². The first kappa shape index (κ1) is 11.1. The van der Waals surface area contributed by atoms with Crippen LogP contribution in [0.15, 0.2) is 36.5 Å². The second-order valence-corrected chi connectivity index (χ2v) is 4.31. The molecule has 0 saturated heterocycles. The van der Waals surface area contributed by atoms with Crippen molar-refractivity contribution < 1.29 is 0 Å². The third kappa shape index (κ3) is 2.08. The molecule has 0 radical (unpaired) electrons. The molecule has 1 unspecified atom stereocenters. The van der Waals surface area contributed by atoms with Gasteiger partial charge in [0.25, 0.3) is 0 Å². The molecule has 0 aliphatic rings. The van der Waals surface area contributed by atoms with E-state index in [-0.39, 0.29) is 0 Å². The van der Waals surface area contributed by atoms with Crippen molar-refractivity contribution in [2.45, 2.75) is 39.0 Å². The first-order valence-electron chi connectivity index (χ1n) is 6.20. The Hall–Kier alpha value is -1.37. The minimum absolute atomic E-state index is 0.679. The molecule has 1 aromatic heterocycles. The largest absolute Gasteiger partial charge is 0.256 e. The first-order chi connectivity index (χ1) is 7.86. The molecule has 0 bridgehead atoms. The van der Waals surface area contributed by atoms with Gasteiger partial charge in [0, 0.05) is 11.6 Å². The van der Waals surface area contributed by atoms with Crippen LogP contribution in [-0.4, -0.2) is 4.98 Å². The third-order valence-corrected chi connectivity index (χ3v) is 3.25. The topological polar surface area (TPSA) is 12.9 Å². The van der Waals surface area contributed by atoms with E-state index in [2.05, 4.69) is 49.2 Å². The predicted molar refractivity (Wildman–Crippen MR) is 69.7 cm³/mol. The average molecular weight is 213 g/mol. The van der Waals surface area contributed by atoms with Crippen molar-refractivity contribution in [3.05, 3.63) is 42.1 Å². The number of hydrogen-bond acceptors (Lipinski definition) is 1. The van der Waals surface area contributed by atoms with Crippen LogP contribution in [0.5, 0.6) is 0 Å². The molecule has 2 rings (SSSR count). The molecule has 0 N–H and O–H groups in total. The van der Waals surface area contributed by atoms with Gasteiger partial charge in [-0.3, -0.25) is 4.98 Å². The van der Waals surface area contributed by atoms with E-state index >= 15 is 0 Å². The predicted octanol–water partition coefficient (Wildman–Crippen LogP) is 4.53. The summed E-state index contributed by atoms with van der Waals surface area (Å²) in [7, 11) is 0. The molecule has 0 amide bonds. The molecule has 1 atom stereocenters. The van der Waals surface area contributed by atoms with E-state index in [9.17, 15) is 0 Å². The van der Waals surface area contributed by atoms with Crippen LogP contribution in [-0.2, 0) is 0 Å². The molecular formula is C15H19N. The lowest BCUT2D eigenvalue weighted by molar-refractivity contribution is 0.599. The summed E-state index contributed by atoms with van der Waals surface area (Å²) in [5.41, 5.74) is 2.59. The van der Waals surface area contributed by atoms with E-state index in [1.807, 2.05) is 6.20 Å². The lowest BCUT2D eigenvalue weighted by Crippen LogP contribution is -1.98. The van der Waals surface area contributed by atoms with Crippen LogP contribution < -0.4 is 0 Å². The minimum atomic E-state index is 0.679. The molecule has 0 aliphatic carbocycles. The van der Waals surface area contributed by atoms with Gasteiger partial charge in [-0.05, 0) is 36.5 Å². The van der Waals surface area contributed by atoms with Gasteiger partial charge in [0.1, 0.15) is 0 Å². The Balaban J connectivity index is 2.50. The van der Waals surface area contributed by atoms with Crippen molar-refractivity contribution in [1.29, 1.82) is 0 Å². The van der Waals surface area contributed by atoms with E-state index in [1.165, 1.54) is 30.2 Å². The standard InChI is InChI=1S/C15H19N/c1-3-7-12(4-2)13-10-11-16-15-9-6-5-8-14(13)15/h5-6,8-12H,3-4,7H2,1-2H3. The summed E-state index contributed by atoms with van der Waals surface area (Å²) < 4.78 is 0. The highest BCUT2D eigenvalue weighted by Crippen LogP contribution is 2.29. The van der Waals surface area contributed by atoms with Crippen LogP contribution in [0.3, 0.4) is 0 Å². The SMILES string of the molecule is CCCC(CC)c1ccnc2ccccc12. The number of para-hydroxylation sites is 1. The Morgan fingerprint density at radius 3 is 2.69 bits per heavy atom. The second-order valence-electron chi connectivity index (χ2n) is 4.31. The quantitative estimate of drug-likeness (QED) is 0.727. The molecule has 0 saturated carbocycles. The zero-order valence-electron chi connectivity index (χ0n) is 10.1. The summed E-state index contributed by atoms with van der Waals surface area (Å²) in [6, 6.07) is 10.6. The average Bonchev–Trinajstić information content (AvgIpc) is 2.35. The third-order valence-electron chi connectivity index (χ3n) is 3.25. The van der Waals surface area contributed by atoms with Gasteiger partial charge in [-0.15, -0.1) is 0 Å². The zero-order chi connectivity index (χ0) is 11.4. The summed E-state index contributed by atoms with van der Waals surface area (Å²) >= 11 is 0. The Bertz CT molecular complexity index is 456. The lowest BCUT2D eigenvalue weighted by atomic mass is 9.90. The summed E-state index contributed by atoms with van der Waals surface area (Å²) in [5.74, 6) is 0.679. The normalized spacial score (nSPS) is 12.9. The lowest BCUT2D eigenvalue weighted by Gasteiger charge is -2.16. The van der Waals surface area contributed by atoms with Crippen LogP contribution in [0.25, 0.3) is 10.9 Å². The minimum Gasteiger partial charge on any atom is -0.256 e.